The molecule has 0 saturated carbocycles. The third kappa shape index (κ3) is 37.1. The average Bonchev–Trinajstić information content (AvgIpc) is 3.15. The molecule has 0 aliphatic carbocycles. The summed E-state index contributed by atoms with van der Waals surface area (Å²) in [7, 11) is -4.63. The van der Waals surface area contributed by atoms with E-state index in [4.69, 9.17) is 19.1 Å². The topological polar surface area (TPSA) is 169 Å². The molecule has 0 fully saturated rings. The molecule has 0 aromatic carbocycles. The Hall–Kier alpha value is -1.85. The Morgan fingerprint density at radius 3 is 1.70 bits per heavy atom. The van der Waals surface area contributed by atoms with E-state index < -0.39 is 57.9 Å². The second kappa shape index (κ2) is 38.0. The lowest BCUT2D eigenvalue weighted by Gasteiger charge is -2.20. The van der Waals surface area contributed by atoms with Gasteiger partial charge >= 0.3 is 19.8 Å². The Kier molecular flexibility index (Phi) is 36.7. The highest BCUT2D eigenvalue weighted by Gasteiger charge is 2.27. The van der Waals surface area contributed by atoms with Gasteiger partial charge in [0, 0.05) is 12.8 Å². The van der Waals surface area contributed by atoms with Crippen LogP contribution >= 0.6 is 7.82 Å². The Morgan fingerprint density at radius 2 is 1.15 bits per heavy atom. The van der Waals surface area contributed by atoms with Crippen LogP contribution in [0, 0.1) is 0 Å². The van der Waals surface area contributed by atoms with Crippen LogP contribution < -0.4 is 0 Å². The maximum absolute atomic E-state index is 12.6. The molecule has 12 heteroatoms. The molecule has 4 unspecified atom stereocenters. The number of hydrogen-bond acceptors (Lipinski definition) is 10. The van der Waals surface area contributed by atoms with Crippen molar-refractivity contribution in [3.8, 4) is 0 Å². The van der Waals surface area contributed by atoms with Crippen molar-refractivity contribution in [3.63, 3.8) is 0 Å². The van der Waals surface area contributed by atoms with Crippen molar-refractivity contribution in [1.82, 2.24) is 0 Å². The molecule has 0 heterocycles. The van der Waals surface area contributed by atoms with Gasteiger partial charge in [0.05, 0.1) is 25.9 Å². The maximum atomic E-state index is 12.6. The lowest BCUT2D eigenvalue weighted by molar-refractivity contribution is -0.161. The van der Waals surface area contributed by atoms with Crippen LogP contribution in [0.15, 0.2) is 36.5 Å². The van der Waals surface area contributed by atoms with Gasteiger partial charge in [0.1, 0.15) is 12.7 Å². The first-order chi connectivity index (χ1) is 26.1. The van der Waals surface area contributed by atoms with Crippen molar-refractivity contribution in [1.29, 1.82) is 0 Å². The number of carbonyl (C=O) groups excluding carboxylic acids is 2. The predicted octanol–water partition coefficient (Wildman–Crippen LogP) is 9.75. The van der Waals surface area contributed by atoms with Gasteiger partial charge in [-0.2, -0.15) is 0 Å². The van der Waals surface area contributed by atoms with Gasteiger partial charge in [-0.1, -0.05) is 159 Å². The van der Waals surface area contributed by atoms with Crippen molar-refractivity contribution in [2.24, 2.45) is 0 Å². The fraction of sp³-hybridized carbons (Fsp3) is 0.810. The molecule has 0 aliphatic heterocycles. The number of esters is 2. The molecule has 0 aliphatic rings. The van der Waals surface area contributed by atoms with Gasteiger partial charge in [-0.25, -0.2) is 4.57 Å². The van der Waals surface area contributed by atoms with Crippen molar-refractivity contribution >= 4 is 19.8 Å². The number of allylic oxidation sites excluding steroid dienone is 4. The number of carbonyl (C=O) groups is 2. The van der Waals surface area contributed by atoms with E-state index in [1.165, 1.54) is 70.6 Å². The van der Waals surface area contributed by atoms with E-state index >= 15 is 0 Å². The number of ether oxygens (including phenoxy) is 2. The van der Waals surface area contributed by atoms with E-state index in [9.17, 15) is 29.3 Å². The molecular weight excluding hydrogens is 711 g/mol. The molecule has 316 valence electrons. The van der Waals surface area contributed by atoms with E-state index in [0.717, 1.165) is 57.8 Å². The summed E-state index contributed by atoms with van der Waals surface area (Å²) in [5, 5.41) is 28.2. The average molecular weight is 789 g/mol. The maximum Gasteiger partial charge on any atom is 0.472 e. The first-order valence-corrected chi connectivity index (χ1v) is 22.5. The number of phosphoric ester groups is 1. The number of aliphatic hydroxyl groups excluding tert-OH is 3. The van der Waals surface area contributed by atoms with Crippen LogP contribution in [-0.4, -0.2) is 76.9 Å². The third-order valence-corrected chi connectivity index (χ3v) is 9.84. The molecule has 54 heavy (non-hydrogen) atoms. The zero-order valence-electron chi connectivity index (χ0n) is 33.8. The zero-order chi connectivity index (χ0) is 40.0. The Morgan fingerprint density at radius 1 is 0.630 bits per heavy atom. The normalized spacial score (nSPS) is 14.9. The van der Waals surface area contributed by atoms with Gasteiger partial charge in [0.15, 0.2) is 6.10 Å². The zero-order valence-corrected chi connectivity index (χ0v) is 34.7. The van der Waals surface area contributed by atoms with E-state index in [-0.39, 0.29) is 19.4 Å². The molecule has 11 nitrogen and oxygen atoms in total. The molecule has 0 bridgehead atoms. The van der Waals surface area contributed by atoms with Gasteiger partial charge in [-0.15, -0.1) is 0 Å². The van der Waals surface area contributed by atoms with Crippen LogP contribution in [0.5, 0.6) is 0 Å². The molecule has 4 N–H and O–H groups in total. The molecule has 0 amide bonds. The smallest absolute Gasteiger partial charge is 0.462 e. The van der Waals surface area contributed by atoms with Crippen LogP contribution in [-0.2, 0) is 32.7 Å². The van der Waals surface area contributed by atoms with E-state index in [2.05, 4.69) is 24.4 Å². The summed E-state index contributed by atoms with van der Waals surface area (Å²) < 4.78 is 32.6. The Labute approximate surface area is 327 Å². The van der Waals surface area contributed by atoms with Gasteiger partial charge < -0.3 is 29.7 Å². The molecule has 0 aromatic heterocycles. The Bertz CT molecular complexity index is 1020. The standard InChI is InChI=1S/C42H77O11P/c1-3-5-7-8-9-10-11-12-13-14-15-18-21-24-28-32-41(46)50-36-40(37-52-54(48,49)51-35-39(45)34-43)53-42(47)33-29-25-22-19-16-17-20-23-27-31-38(44)30-26-6-4-2/h6,20,23,26-27,31,38-40,43-45H,3-5,7-19,21-22,24-25,28-30,32-37H2,1-2H3,(H,48,49)/b23-20+,26-6+,31-27+. The molecule has 0 rings (SSSR count). The van der Waals surface area contributed by atoms with Crippen LogP contribution in [0.25, 0.3) is 0 Å². The summed E-state index contributed by atoms with van der Waals surface area (Å²) in [6, 6.07) is 0. The minimum atomic E-state index is -4.63. The molecule has 0 radical (unpaired) electrons. The quantitative estimate of drug-likeness (QED) is 0.0154. The molecule has 0 spiro atoms. The fourth-order valence-corrected chi connectivity index (χ4v) is 6.41. The highest BCUT2D eigenvalue weighted by molar-refractivity contribution is 7.47. The lowest BCUT2D eigenvalue weighted by atomic mass is 10.0. The first kappa shape index (κ1) is 52.2. The highest BCUT2D eigenvalue weighted by Crippen LogP contribution is 2.43. The second-order valence-corrected chi connectivity index (χ2v) is 15.6. The van der Waals surface area contributed by atoms with Crippen LogP contribution in [0.1, 0.15) is 174 Å². The second-order valence-electron chi connectivity index (χ2n) is 14.2. The van der Waals surface area contributed by atoms with Crippen LogP contribution in [0.4, 0.5) is 0 Å². The van der Waals surface area contributed by atoms with Crippen molar-refractivity contribution in [2.75, 3.05) is 26.4 Å². The summed E-state index contributed by atoms with van der Waals surface area (Å²) in [5.74, 6) is -0.975. The fourth-order valence-electron chi connectivity index (χ4n) is 5.62. The summed E-state index contributed by atoms with van der Waals surface area (Å²) in [5.41, 5.74) is 0. The minimum Gasteiger partial charge on any atom is -0.462 e. The summed E-state index contributed by atoms with van der Waals surface area (Å²) >= 11 is 0. The van der Waals surface area contributed by atoms with Gasteiger partial charge in [0.25, 0.3) is 0 Å². The van der Waals surface area contributed by atoms with Crippen LogP contribution in [0.2, 0.25) is 0 Å². The van der Waals surface area contributed by atoms with E-state index in [1.807, 2.05) is 24.3 Å². The first-order valence-electron chi connectivity index (χ1n) is 21.1. The predicted molar refractivity (Wildman–Crippen MR) is 216 cm³/mol. The number of unbranched alkanes of at least 4 members (excludes halogenated alkanes) is 19. The van der Waals surface area contributed by atoms with Crippen molar-refractivity contribution in [2.45, 2.75) is 193 Å². The number of aliphatic hydroxyl groups is 3. The van der Waals surface area contributed by atoms with E-state index in [1.54, 1.807) is 6.08 Å². The SMILES string of the molecule is CC/C=C/CC(O)/C=C/C=C/CCCCCCCC(=O)OC(COC(=O)CCCCCCCCCCCCCCCCC)COP(=O)(O)OCC(O)CO. The monoisotopic (exact) mass is 789 g/mol. The highest BCUT2D eigenvalue weighted by atomic mass is 31.2. The summed E-state index contributed by atoms with van der Waals surface area (Å²) in [6.07, 6.45) is 34.4. The molecular formula is C42H77O11P. The van der Waals surface area contributed by atoms with Gasteiger partial charge in [-0.3, -0.25) is 18.6 Å². The van der Waals surface area contributed by atoms with Gasteiger partial charge in [-0.05, 0) is 38.5 Å². The molecule has 0 aromatic rings. The number of phosphoric acid groups is 1. The van der Waals surface area contributed by atoms with Gasteiger partial charge in [0.2, 0.25) is 0 Å². The summed E-state index contributed by atoms with van der Waals surface area (Å²) in [4.78, 5) is 34.9. The van der Waals surface area contributed by atoms with Crippen molar-refractivity contribution in [3.05, 3.63) is 36.5 Å². The lowest BCUT2D eigenvalue weighted by Crippen LogP contribution is -2.29. The third-order valence-electron chi connectivity index (χ3n) is 8.89. The number of hydrogen-bond donors (Lipinski definition) is 4. The van der Waals surface area contributed by atoms with E-state index in [0.29, 0.717) is 19.3 Å². The van der Waals surface area contributed by atoms with Crippen LogP contribution in [0.3, 0.4) is 0 Å². The van der Waals surface area contributed by atoms with Crippen molar-refractivity contribution < 1.29 is 52.9 Å². The minimum absolute atomic E-state index is 0.139. The Balaban J connectivity index is 4.37. The molecule has 4 atom stereocenters. The largest absolute Gasteiger partial charge is 0.472 e. The summed E-state index contributed by atoms with van der Waals surface area (Å²) in [6.45, 7) is 2.13. The molecule has 0 saturated heterocycles. The number of rotatable bonds is 39.